The van der Waals surface area contributed by atoms with Crippen LogP contribution >= 0.6 is 0 Å². The van der Waals surface area contributed by atoms with Gasteiger partial charge in [-0.2, -0.15) is 0 Å². The second-order valence-corrected chi connectivity index (χ2v) is 3.61. The highest BCUT2D eigenvalue weighted by atomic mass is 16.4. The number of carboxylic acid groups (broad SMARTS) is 1. The van der Waals surface area contributed by atoms with Gasteiger partial charge in [0.15, 0.2) is 0 Å². The Bertz CT molecular complexity index is 336. The third-order valence-corrected chi connectivity index (χ3v) is 2.51. The molecule has 0 aromatic heterocycles. The standard InChI is InChI=1S/C12H17NO2/c1-3-11(12(14)15)13-8-10-7-5-4-6-9(10)2/h4-7,11,13H,3,8H2,1-2H3,(H,14,15). The average molecular weight is 207 g/mol. The monoisotopic (exact) mass is 207 g/mol. The molecular weight excluding hydrogens is 190 g/mol. The molecule has 1 unspecified atom stereocenters. The van der Waals surface area contributed by atoms with Crippen LogP contribution in [-0.4, -0.2) is 17.1 Å². The highest BCUT2D eigenvalue weighted by Crippen LogP contribution is 2.06. The molecule has 0 aliphatic heterocycles. The Hall–Kier alpha value is -1.35. The Morgan fingerprint density at radius 1 is 1.47 bits per heavy atom. The zero-order chi connectivity index (χ0) is 11.3. The molecule has 82 valence electrons. The Morgan fingerprint density at radius 3 is 2.67 bits per heavy atom. The van der Waals surface area contributed by atoms with E-state index in [1.807, 2.05) is 38.1 Å². The second kappa shape index (κ2) is 5.51. The zero-order valence-electron chi connectivity index (χ0n) is 9.16. The molecule has 0 bridgehead atoms. The number of aryl methyl sites for hydroxylation is 1. The van der Waals surface area contributed by atoms with Crippen LogP contribution in [0.5, 0.6) is 0 Å². The Balaban J connectivity index is 2.56. The van der Waals surface area contributed by atoms with E-state index >= 15 is 0 Å². The van der Waals surface area contributed by atoms with Gasteiger partial charge in [-0.1, -0.05) is 31.2 Å². The van der Waals surface area contributed by atoms with Gasteiger partial charge in [0, 0.05) is 6.54 Å². The summed E-state index contributed by atoms with van der Waals surface area (Å²) in [6.07, 6.45) is 0.598. The largest absolute Gasteiger partial charge is 0.480 e. The van der Waals surface area contributed by atoms with Crippen molar-refractivity contribution in [2.45, 2.75) is 32.9 Å². The summed E-state index contributed by atoms with van der Waals surface area (Å²) in [7, 11) is 0. The van der Waals surface area contributed by atoms with Crippen molar-refractivity contribution in [1.29, 1.82) is 0 Å². The van der Waals surface area contributed by atoms with Crippen molar-refractivity contribution in [2.75, 3.05) is 0 Å². The smallest absolute Gasteiger partial charge is 0.320 e. The molecule has 1 aromatic rings. The summed E-state index contributed by atoms with van der Waals surface area (Å²) in [5.74, 6) is -0.786. The van der Waals surface area contributed by atoms with Gasteiger partial charge in [0.05, 0.1) is 0 Å². The van der Waals surface area contributed by atoms with Gasteiger partial charge in [0.25, 0.3) is 0 Å². The molecule has 0 heterocycles. The van der Waals surface area contributed by atoms with Crippen LogP contribution in [0.3, 0.4) is 0 Å². The molecule has 15 heavy (non-hydrogen) atoms. The van der Waals surface area contributed by atoms with E-state index in [4.69, 9.17) is 5.11 Å². The van der Waals surface area contributed by atoms with E-state index in [1.54, 1.807) is 0 Å². The number of hydrogen-bond donors (Lipinski definition) is 2. The normalized spacial score (nSPS) is 12.4. The highest BCUT2D eigenvalue weighted by Gasteiger charge is 2.13. The van der Waals surface area contributed by atoms with Gasteiger partial charge in [-0.25, -0.2) is 0 Å². The highest BCUT2D eigenvalue weighted by molar-refractivity contribution is 5.73. The molecule has 0 fully saturated rings. The Morgan fingerprint density at radius 2 is 2.13 bits per heavy atom. The number of aliphatic carboxylic acids is 1. The Kier molecular flexibility index (Phi) is 4.31. The van der Waals surface area contributed by atoms with Gasteiger partial charge in [-0.3, -0.25) is 4.79 Å². The van der Waals surface area contributed by atoms with E-state index in [1.165, 1.54) is 5.56 Å². The van der Waals surface area contributed by atoms with Crippen molar-refractivity contribution in [3.8, 4) is 0 Å². The molecule has 0 saturated heterocycles. The number of benzene rings is 1. The van der Waals surface area contributed by atoms with E-state index in [0.29, 0.717) is 13.0 Å². The average Bonchev–Trinajstić information content (AvgIpc) is 2.21. The maximum atomic E-state index is 10.8. The first kappa shape index (κ1) is 11.7. The molecule has 3 heteroatoms. The van der Waals surface area contributed by atoms with Crippen LogP contribution in [0, 0.1) is 6.92 Å². The maximum absolute atomic E-state index is 10.8. The molecule has 1 aromatic carbocycles. The molecule has 3 nitrogen and oxygen atoms in total. The van der Waals surface area contributed by atoms with E-state index in [9.17, 15) is 4.79 Å². The van der Waals surface area contributed by atoms with Crippen LogP contribution < -0.4 is 5.32 Å². The molecule has 0 amide bonds. The summed E-state index contributed by atoms with van der Waals surface area (Å²) >= 11 is 0. The summed E-state index contributed by atoms with van der Waals surface area (Å²) in [6.45, 7) is 4.50. The lowest BCUT2D eigenvalue weighted by molar-refractivity contribution is -0.139. The van der Waals surface area contributed by atoms with Gasteiger partial charge in [-0.15, -0.1) is 0 Å². The van der Waals surface area contributed by atoms with Gasteiger partial charge >= 0.3 is 5.97 Å². The third kappa shape index (κ3) is 3.36. The first-order valence-electron chi connectivity index (χ1n) is 5.15. The van der Waals surface area contributed by atoms with E-state index in [2.05, 4.69) is 5.32 Å². The van der Waals surface area contributed by atoms with Crippen LogP contribution in [0.4, 0.5) is 0 Å². The third-order valence-electron chi connectivity index (χ3n) is 2.51. The molecule has 0 radical (unpaired) electrons. The molecular formula is C12H17NO2. The predicted molar refractivity (Wildman–Crippen MR) is 59.7 cm³/mol. The number of carbonyl (C=O) groups is 1. The molecule has 1 rings (SSSR count). The zero-order valence-corrected chi connectivity index (χ0v) is 9.16. The van der Waals surface area contributed by atoms with Crippen molar-refractivity contribution in [1.82, 2.24) is 5.32 Å². The fourth-order valence-corrected chi connectivity index (χ4v) is 1.45. The fourth-order valence-electron chi connectivity index (χ4n) is 1.45. The van der Waals surface area contributed by atoms with Gasteiger partial charge < -0.3 is 10.4 Å². The molecule has 0 saturated carbocycles. The van der Waals surface area contributed by atoms with Gasteiger partial charge in [-0.05, 0) is 24.5 Å². The molecule has 0 spiro atoms. The minimum absolute atomic E-state index is 0.454. The Labute approximate surface area is 90.1 Å². The van der Waals surface area contributed by atoms with Crippen LogP contribution in [0.1, 0.15) is 24.5 Å². The SMILES string of the molecule is CCC(NCc1ccccc1C)C(=O)O. The summed E-state index contributed by atoms with van der Waals surface area (Å²) in [4.78, 5) is 10.8. The molecule has 2 N–H and O–H groups in total. The molecule has 0 aliphatic carbocycles. The first-order valence-corrected chi connectivity index (χ1v) is 5.15. The van der Waals surface area contributed by atoms with Gasteiger partial charge in [0.2, 0.25) is 0 Å². The van der Waals surface area contributed by atoms with E-state index in [0.717, 1.165) is 5.56 Å². The van der Waals surface area contributed by atoms with Gasteiger partial charge in [0.1, 0.15) is 6.04 Å². The fraction of sp³-hybridized carbons (Fsp3) is 0.417. The summed E-state index contributed by atoms with van der Waals surface area (Å²) < 4.78 is 0. The summed E-state index contributed by atoms with van der Waals surface area (Å²) in [5.41, 5.74) is 2.34. The summed E-state index contributed by atoms with van der Waals surface area (Å²) in [6, 6.07) is 7.53. The van der Waals surface area contributed by atoms with Crippen LogP contribution in [0.25, 0.3) is 0 Å². The summed E-state index contributed by atoms with van der Waals surface area (Å²) in [5, 5.41) is 11.9. The second-order valence-electron chi connectivity index (χ2n) is 3.61. The number of hydrogen-bond acceptors (Lipinski definition) is 2. The number of nitrogens with one attached hydrogen (secondary N) is 1. The lowest BCUT2D eigenvalue weighted by Crippen LogP contribution is -2.35. The first-order chi connectivity index (χ1) is 7.15. The van der Waals surface area contributed by atoms with Crippen molar-refractivity contribution in [3.05, 3.63) is 35.4 Å². The van der Waals surface area contributed by atoms with Crippen molar-refractivity contribution in [2.24, 2.45) is 0 Å². The van der Waals surface area contributed by atoms with Crippen molar-refractivity contribution >= 4 is 5.97 Å². The van der Waals surface area contributed by atoms with E-state index < -0.39 is 12.0 Å². The topological polar surface area (TPSA) is 49.3 Å². The lowest BCUT2D eigenvalue weighted by atomic mass is 10.1. The van der Waals surface area contributed by atoms with Crippen LogP contribution in [-0.2, 0) is 11.3 Å². The van der Waals surface area contributed by atoms with Crippen molar-refractivity contribution < 1.29 is 9.90 Å². The van der Waals surface area contributed by atoms with E-state index in [-0.39, 0.29) is 0 Å². The van der Waals surface area contributed by atoms with Crippen molar-refractivity contribution in [3.63, 3.8) is 0 Å². The number of rotatable bonds is 5. The minimum atomic E-state index is -0.786. The van der Waals surface area contributed by atoms with Crippen LogP contribution in [0.2, 0.25) is 0 Å². The molecule has 1 atom stereocenters. The lowest BCUT2D eigenvalue weighted by Gasteiger charge is -2.13. The minimum Gasteiger partial charge on any atom is -0.480 e. The quantitative estimate of drug-likeness (QED) is 0.775. The number of carboxylic acids is 1. The predicted octanol–water partition coefficient (Wildman–Crippen LogP) is 1.95. The maximum Gasteiger partial charge on any atom is 0.320 e. The molecule has 0 aliphatic rings. The van der Waals surface area contributed by atoms with Crippen LogP contribution in [0.15, 0.2) is 24.3 Å².